The van der Waals surface area contributed by atoms with Crippen LogP contribution in [-0.2, 0) is 4.79 Å². The third-order valence-corrected chi connectivity index (χ3v) is 2.29. The van der Waals surface area contributed by atoms with Crippen LogP contribution in [0.15, 0.2) is 18.2 Å². The van der Waals surface area contributed by atoms with E-state index in [-0.39, 0.29) is 11.5 Å². The maximum absolute atomic E-state index is 11.5. The molecule has 0 aliphatic heterocycles. The number of carbonyl (C=O) groups excluding carboxylic acids is 1. The van der Waals surface area contributed by atoms with E-state index in [0.717, 1.165) is 0 Å². The van der Waals surface area contributed by atoms with E-state index in [1.807, 2.05) is 0 Å². The first kappa shape index (κ1) is 12.0. The third kappa shape index (κ3) is 2.31. The van der Waals surface area contributed by atoms with E-state index in [1.54, 1.807) is 20.0 Å². The molecule has 86 valence electrons. The van der Waals surface area contributed by atoms with Gasteiger partial charge in [-0.15, -0.1) is 0 Å². The molecule has 0 atom stereocenters. The number of nitrogens with two attached hydrogens (primary N) is 1. The Hall–Kier alpha value is -2.04. The molecule has 0 aromatic heterocycles. The minimum Gasteiger partial charge on any atom is -0.478 e. The lowest BCUT2D eigenvalue weighted by Gasteiger charge is -2.18. The highest BCUT2D eigenvalue weighted by Gasteiger charge is 2.17. The van der Waals surface area contributed by atoms with Crippen molar-refractivity contribution in [3.05, 3.63) is 23.8 Å². The van der Waals surface area contributed by atoms with Crippen molar-refractivity contribution >= 4 is 23.3 Å². The van der Waals surface area contributed by atoms with Crippen LogP contribution in [-0.4, -0.2) is 24.0 Å². The molecule has 0 saturated heterocycles. The molecule has 0 fully saturated rings. The highest BCUT2D eigenvalue weighted by Crippen LogP contribution is 2.22. The van der Waals surface area contributed by atoms with E-state index >= 15 is 0 Å². The normalized spacial score (nSPS) is 9.88. The third-order valence-electron chi connectivity index (χ3n) is 2.29. The maximum Gasteiger partial charge on any atom is 0.337 e. The van der Waals surface area contributed by atoms with Crippen LogP contribution in [0.25, 0.3) is 0 Å². The van der Waals surface area contributed by atoms with Crippen molar-refractivity contribution in [2.45, 2.75) is 13.3 Å². The summed E-state index contributed by atoms with van der Waals surface area (Å²) < 4.78 is 0. The summed E-state index contributed by atoms with van der Waals surface area (Å²) >= 11 is 0. The van der Waals surface area contributed by atoms with Gasteiger partial charge in [-0.05, 0) is 18.2 Å². The van der Waals surface area contributed by atoms with Gasteiger partial charge in [0.1, 0.15) is 0 Å². The molecular weight excluding hydrogens is 208 g/mol. The fourth-order valence-corrected chi connectivity index (χ4v) is 1.39. The lowest BCUT2D eigenvalue weighted by atomic mass is 10.1. The van der Waals surface area contributed by atoms with Gasteiger partial charge in [-0.3, -0.25) is 4.79 Å². The molecular formula is C11H14N2O3. The number of carboxylic acid groups (broad SMARTS) is 1. The molecule has 0 saturated carbocycles. The Bertz CT molecular complexity index is 429. The second kappa shape index (κ2) is 4.65. The molecule has 0 radical (unpaired) electrons. The van der Waals surface area contributed by atoms with Gasteiger partial charge in [0.25, 0.3) is 0 Å². The average Bonchev–Trinajstić information content (AvgIpc) is 2.26. The van der Waals surface area contributed by atoms with E-state index in [4.69, 9.17) is 10.8 Å². The fraction of sp³-hybridized carbons (Fsp3) is 0.273. The van der Waals surface area contributed by atoms with Gasteiger partial charge >= 0.3 is 5.97 Å². The summed E-state index contributed by atoms with van der Waals surface area (Å²) in [6, 6.07) is 4.45. The zero-order valence-corrected chi connectivity index (χ0v) is 9.23. The lowest BCUT2D eigenvalue weighted by Crippen LogP contribution is -2.27. The Kier molecular flexibility index (Phi) is 3.50. The number of carbonyl (C=O) groups is 2. The number of hydrogen-bond donors (Lipinski definition) is 2. The largest absolute Gasteiger partial charge is 0.478 e. The molecule has 1 aromatic carbocycles. The minimum atomic E-state index is -1.10. The van der Waals surface area contributed by atoms with Crippen LogP contribution in [0.5, 0.6) is 0 Å². The van der Waals surface area contributed by atoms with Crippen LogP contribution < -0.4 is 10.6 Å². The number of nitrogens with zero attached hydrogens (tertiary/aromatic N) is 1. The number of benzene rings is 1. The Labute approximate surface area is 93.5 Å². The van der Waals surface area contributed by atoms with E-state index in [9.17, 15) is 9.59 Å². The van der Waals surface area contributed by atoms with Gasteiger partial charge in [0.2, 0.25) is 5.91 Å². The van der Waals surface area contributed by atoms with Gasteiger partial charge < -0.3 is 15.7 Å². The Morgan fingerprint density at radius 3 is 2.56 bits per heavy atom. The zero-order chi connectivity index (χ0) is 12.3. The lowest BCUT2D eigenvalue weighted by molar-refractivity contribution is -0.118. The first-order valence-corrected chi connectivity index (χ1v) is 4.86. The van der Waals surface area contributed by atoms with Crippen LogP contribution >= 0.6 is 0 Å². The van der Waals surface area contributed by atoms with Crippen LogP contribution in [0.2, 0.25) is 0 Å². The molecule has 1 aromatic rings. The number of amides is 1. The average molecular weight is 222 g/mol. The molecule has 0 bridgehead atoms. The van der Waals surface area contributed by atoms with Crippen LogP contribution in [0.4, 0.5) is 11.4 Å². The minimum absolute atomic E-state index is 0.0318. The summed E-state index contributed by atoms with van der Waals surface area (Å²) in [6.07, 6.45) is 0.319. The standard InChI is InChI=1S/C11H14N2O3/c1-3-10(14)13(2)9-5-4-7(12)6-8(9)11(15)16/h4-6H,3,12H2,1-2H3,(H,15,16). The van der Waals surface area contributed by atoms with Crippen molar-refractivity contribution in [1.82, 2.24) is 0 Å². The predicted octanol–water partition coefficient (Wildman–Crippen LogP) is 1.34. The van der Waals surface area contributed by atoms with Crippen molar-refractivity contribution < 1.29 is 14.7 Å². The Morgan fingerprint density at radius 1 is 1.44 bits per heavy atom. The molecule has 1 rings (SSSR count). The van der Waals surface area contributed by atoms with Crippen LogP contribution in [0.1, 0.15) is 23.7 Å². The summed E-state index contributed by atoms with van der Waals surface area (Å²) in [4.78, 5) is 23.8. The van der Waals surface area contributed by atoms with Gasteiger partial charge in [0.05, 0.1) is 11.3 Å². The van der Waals surface area contributed by atoms with Crippen LogP contribution in [0.3, 0.4) is 0 Å². The summed E-state index contributed by atoms with van der Waals surface area (Å²) in [5.41, 5.74) is 6.25. The molecule has 0 aliphatic rings. The second-order valence-corrected chi connectivity index (χ2v) is 3.39. The molecule has 1 amide bonds. The molecule has 5 nitrogen and oxygen atoms in total. The Morgan fingerprint density at radius 2 is 2.06 bits per heavy atom. The first-order valence-electron chi connectivity index (χ1n) is 4.86. The number of anilines is 2. The van der Waals surface area contributed by atoms with Crippen molar-refractivity contribution in [3.63, 3.8) is 0 Å². The summed E-state index contributed by atoms with van der Waals surface area (Å²) in [6.45, 7) is 1.72. The van der Waals surface area contributed by atoms with Crippen molar-refractivity contribution in [2.24, 2.45) is 0 Å². The van der Waals surface area contributed by atoms with E-state index in [1.165, 1.54) is 17.0 Å². The van der Waals surface area contributed by atoms with Crippen molar-refractivity contribution in [1.29, 1.82) is 0 Å². The van der Waals surface area contributed by atoms with Crippen molar-refractivity contribution in [2.75, 3.05) is 17.7 Å². The summed E-state index contributed by atoms with van der Waals surface area (Å²) in [5.74, 6) is -1.25. The smallest absolute Gasteiger partial charge is 0.337 e. The highest BCUT2D eigenvalue weighted by atomic mass is 16.4. The van der Waals surface area contributed by atoms with E-state index < -0.39 is 5.97 Å². The topological polar surface area (TPSA) is 83.6 Å². The molecule has 0 spiro atoms. The number of hydrogen-bond acceptors (Lipinski definition) is 3. The zero-order valence-electron chi connectivity index (χ0n) is 9.23. The predicted molar refractivity (Wildman–Crippen MR) is 61.5 cm³/mol. The van der Waals surface area contributed by atoms with Crippen molar-refractivity contribution in [3.8, 4) is 0 Å². The van der Waals surface area contributed by atoms with Gasteiger partial charge in [0.15, 0.2) is 0 Å². The highest BCUT2D eigenvalue weighted by molar-refractivity contribution is 6.02. The summed E-state index contributed by atoms with van der Waals surface area (Å²) in [7, 11) is 1.55. The molecule has 0 aliphatic carbocycles. The van der Waals surface area contributed by atoms with Gasteiger partial charge in [0, 0.05) is 19.2 Å². The fourth-order valence-electron chi connectivity index (χ4n) is 1.39. The second-order valence-electron chi connectivity index (χ2n) is 3.39. The Balaban J connectivity index is 3.22. The number of aromatic carboxylic acids is 1. The maximum atomic E-state index is 11.5. The van der Waals surface area contributed by atoms with Gasteiger partial charge in [-0.1, -0.05) is 6.92 Å². The van der Waals surface area contributed by atoms with E-state index in [2.05, 4.69) is 0 Å². The monoisotopic (exact) mass is 222 g/mol. The molecule has 5 heteroatoms. The first-order chi connectivity index (χ1) is 7.47. The molecule has 16 heavy (non-hydrogen) atoms. The summed E-state index contributed by atoms with van der Waals surface area (Å²) in [5, 5.41) is 9.00. The quantitative estimate of drug-likeness (QED) is 0.756. The molecule has 0 heterocycles. The van der Waals surface area contributed by atoms with Gasteiger partial charge in [-0.25, -0.2) is 4.79 Å². The number of rotatable bonds is 3. The van der Waals surface area contributed by atoms with E-state index in [0.29, 0.717) is 17.8 Å². The molecule has 3 N–H and O–H groups in total. The van der Waals surface area contributed by atoms with Gasteiger partial charge in [-0.2, -0.15) is 0 Å². The number of carboxylic acids is 1. The van der Waals surface area contributed by atoms with Crippen LogP contribution in [0, 0.1) is 0 Å². The number of nitrogen functional groups attached to an aromatic ring is 1. The SMILES string of the molecule is CCC(=O)N(C)c1ccc(N)cc1C(=O)O. The molecule has 0 unspecified atom stereocenters.